The number of carbonyl (C=O) groups is 2. The molecule has 1 amide bonds. The molecule has 0 saturated carbocycles. The van der Waals surface area contributed by atoms with Crippen molar-refractivity contribution >= 4 is 17.6 Å². The number of rotatable bonds is 4. The molecular weight excluding hydrogens is 282 g/mol. The second-order valence-corrected chi connectivity index (χ2v) is 4.36. The number of hydrogen-bond donors (Lipinski definition) is 2. The number of aromatic carboxylic acids is 1. The van der Waals surface area contributed by atoms with E-state index in [9.17, 15) is 9.59 Å². The molecule has 5 nitrogen and oxygen atoms in total. The molecule has 22 heavy (non-hydrogen) atoms. The van der Waals surface area contributed by atoms with E-state index in [2.05, 4.69) is 11.2 Å². The van der Waals surface area contributed by atoms with E-state index >= 15 is 0 Å². The van der Waals surface area contributed by atoms with Crippen LogP contribution in [-0.2, 0) is 0 Å². The average molecular weight is 295 g/mol. The van der Waals surface area contributed by atoms with Crippen molar-refractivity contribution in [2.24, 2.45) is 0 Å². The summed E-state index contributed by atoms with van der Waals surface area (Å²) >= 11 is 0. The van der Waals surface area contributed by atoms with Gasteiger partial charge in [-0.15, -0.1) is 6.42 Å². The van der Waals surface area contributed by atoms with Gasteiger partial charge in [-0.25, -0.2) is 4.79 Å². The molecule has 2 rings (SSSR count). The summed E-state index contributed by atoms with van der Waals surface area (Å²) in [6.45, 7) is 0. The number of terminal acetylenes is 1. The van der Waals surface area contributed by atoms with Crippen LogP contribution in [0.1, 0.15) is 26.3 Å². The van der Waals surface area contributed by atoms with Gasteiger partial charge in [0.05, 0.1) is 23.8 Å². The van der Waals surface area contributed by atoms with Crippen LogP contribution in [0.25, 0.3) is 0 Å². The summed E-state index contributed by atoms with van der Waals surface area (Å²) in [7, 11) is 1.50. The van der Waals surface area contributed by atoms with Gasteiger partial charge in [-0.3, -0.25) is 4.79 Å². The Morgan fingerprint density at radius 2 is 1.86 bits per heavy atom. The smallest absolute Gasteiger partial charge is 0.336 e. The molecule has 0 fully saturated rings. The van der Waals surface area contributed by atoms with Crippen LogP contribution in [-0.4, -0.2) is 24.1 Å². The van der Waals surface area contributed by atoms with Crippen LogP contribution in [0.15, 0.2) is 42.5 Å². The maximum atomic E-state index is 12.2. The molecular formula is C17H13NO4. The fourth-order valence-corrected chi connectivity index (χ4v) is 1.96. The zero-order chi connectivity index (χ0) is 16.1. The van der Waals surface area contributed by atoms with E-state index in [0.29, 0.717) is 17.0 Å². The topological polar surface area (TPSA) is 75.6 Å². The first-order chi connectivity index (χ1) is 10.6. The number of hydrogen-bond acceptors (Lipinski definition) is 3. The second kappa shape index (κ2) is 6.46. The van der Waals surface area contributed by atoms with Crippen LogP contribution < -0.4 is 10.1 Å². The first kappa shape index (κ1) is 15.1. The number of carboxylic acid groups (broad SMARTS) is 1. The summed E-state index contributed by atoms with van der Waals surface area (Å²) in [5.74, 6) is 1.29. The summed E-state index contributed by atoms with van der Waals surface area (Å²) in [4.78, 5) is 23.4. The van der Waals surface area contributed by atoms with Crippen molar-refractivity contribution in [1.82, 2.24) is 0 Å². The van der Waals surface area contributed by atoms with E-state index in [1.54, 1.807) is 30.3 Å². The molecule has 0 aliphatic heterocycles. The van der Waals surface area contributed by atoms with E-state index < -0.39 is 11.9 Å². The molecule has 0 bridgehead atoms. The largest absolute Gasteiger partial charge is 0.495 e. The number of nitrogens with one attached hydrogen (secondary N) is 1. The Kier molecular flexibility index (Phi) is 4.44. The van der Waals surface area contributed by atoms with Crippen LogP contribution in [0.3, 0.4) is 0 Å². The lowest BCUT2D eigenvalue weighted by atomic mass is 10.1. The molecule has 110 valence electrons. The predicted octanol–water partition coefficient (Wildman–Crippen LogP) is 2.63. The van der Waals surface area contributed by atoms with Gasteiger partial charge in [0.15, 0.2) is 0 Å². The highest BCUT2D eigenvalue weighted by Crippen LogP contribution is 2.22. The summed E-state index contributed by atoms with van der Waals surface area (Å²) in [5.41, 5.74) is 0.963. The van der Waals surface area contributed by atoms with Gasteiger partial charge >= 0.3 is 5.97 Å². The molecule has 0 unspecified atom stereocenters. The zero-order valence-electron chi connectivity index (χ0n) is 11.8. The normalized spacial score (nSPS) is 9.64. The van der Waals surface area contributed by atoms with Crippen LogP contribution >= 0.6 is 0 Å². The van der Waals surface area contributed by atoms with Gasteiger partial charge in [0, 0.05) is 5.69 Å². The standard InChI is InChI=1S/C17H13NO4/c1-3-11-10-12(8-9-15(11)22-2)18-16(19)13-6-4-5-7-14(13)17(20)21/h1,4-10H,2H3,(H,18,19)(H,20,21). The first-order valence-corrected chi connectivity index (χ1v) is 6.35. The summed E-state index contributed by atoms with van der Waals surface area (Å²) in [5, 5.41) is 11.7. The number of methoxy groups -OCH3 is 1. The van der Waals surface area contributed by atoms with E-state index in [1.807, 2.05) is 0 Å². The number of carboxylic acids is 1. The van der Waals surface area contributed by atoms with Crippen LogP contribution in [0.5, 0.6) is 5.75 Å². The van der Waals surface area contributed by atoms with Crippen molar-refractivity contribution in [3.05, 3.63) is 59.2 Å². The van der Waals surface area contributed by atoms with Gasteiger partial charge < -0.3 is 15.2 Å². The average Bonchev–Trinajstić information content (AvgIpc) is 2.54. The molecule has 2 N–H and O–H groups in total. The van der Waals surface area contributed by atoms with Gasteiger partial charge in [-0.1, -0.05) is 18.1 Å². The lowest BCUT2D eigenvalue weighted by Crippen LogP contribution is -2.16. The predicted molar refractivity (Wildman–Crippen MR) is 82.3 cm³/mol. The zero-order valence-corrected chi connectivity index (χ0v) is 11.8. The quantitative estimate of drug-likeness (QED) is 0.850. The Hall–Kier alpha value is -3.26. The summed E-state index contributed by atoms with van der Waals surface area (Å²) in [6.07, 6.45) is 5.38. The molecule has 0 aliphatic carbocycles. The van der Waals surface area contributed by atoms with Crippen molar-refractivity contribution in [3.8, 4) is 18.1 Å². The van der Waals surface area contributed by atoms with Gasteiger partial charge in [0.25, 0.3) is 5.91 Å². The minimum absolute atomic E-state index is 0.0642. The third-order valence-corrected chi connectivity index (χ3v) is 3.01. The highest BCUT2D eigenvalue weighted by molar-refractivity contribution is 6.10. The monoisotopic (exact) mass is 295 g/mol. The van der Waals surface area contributed by atoms with Gasteiger partial charge in [-0.2, -0.15) is 0 Å². The molecule has 0 spiro atoms. The molecule has 0 heterocycles. The lowest BCUT2D eigenvalue weighted by molar-refractivity contribution is 0.0692. The maximum absolute atomic E-state index is 12.2. The number of amides is 1. The number of ether oxygens (including phenoxy) is 1. The van der Waals surface area contributed by atoms with E-state index in [1.165, 1.54) is 19.2 Å². The van der Waals surface area contributed by atoms with Crippen molar-refractivity contribution in [2.75, 3.05) is 12.4 Å². The van der Waals surface area contributed by atoms with Crippen molar-refractivity contribution in [2.45, 2.75) is 0 Å². The van der Waals surface area contributed by atoms with Crippen molar-refractivity contribution < 1.29 is 19.4 Å². The number of anilines is 1. The maximum Gasteiger partial charge on any atom is 0.336 e. The third kappa shape index (κ3) is 3.07. The van der Waals surface area contributed by atoms with Crippen molar-refractivity contribution in [3.63, 3.8) is 0 Å². The molecule has 2 aromatic rings. The first-order valence-electron chi connectivity index (χ1n) is 6.35. The Morgan fingerprint density at radius 1 is 1.18 bits per heavy atom. The van der Waals surface area contributed by atoms with Crippen LogP contribution in [0.4, 0.5) is 5.69 Å². The Bertz CT molecular complexity index is 774. The fraction of sp³-hybridized carbons (Fsp3) is 0.0588. The summed E-state index contributed by atoms with van der Waals surface area (Å²) < 4.78 is 5.10. The van der Waals surface area contributed by atoms with E-state index in [0.717, 1.165) is 0 Å². The number of benzene rings is 2. The molecule has 0 aliphatic rings. The minimum Gasteiger partial charge on any atom is -0.495 e. The van der Waals surface area contributed by atoms with Crippen molar-refractivity contribution in [1.29, 1.82) is 0 Å². The molecule has 2 aromatic carbocycles. The number of carbonyl (C=O) groups excluding carboxylic acids is 1. The van der Waals surface area contributed by atoms with Crippen LogP contribution in [0.2, 0.25) is 0 Å². The highest BCUT2D eigenvalue weighted by atomic mass is 16.5. The molecule has 0 radical (unpaired) electrons. The Balaban J connectivity index is 2.30. The Labute approximate surface area is 127 Å². The third-order valence-electron chi connectivity index (χ3n) is 3.01. The fourth-order valence-electron chi connectivity index (χ4n) is 1.96. The van der Waals surface area contributed by atoms with E-state index in [-0.39, 0.29) is 11.1 Å². The minimum atomic E-state index is -1.16. The molecule has 0 saturated heterocycles. The Morgan fingerprint density at radius 3 is 2.45 bits per heavy atom. The molecule has 0 atom stereocenters. The van der Waals surface area contributed by atoms with Gasteiger partial charge in [-0.05, 0) is 30.3 Å². The summed E-state index contributed by atoms with van der Waals surface area (Å²) in [6, 6.07) is 10.8. The van der Waals surface area contributed by atoms with Gasteiger partial charge in [0.1, 0.15) is 5.75 Å². The van der Waals surface area contributed by atoms with Gasteiger partial charge in [0.2, 0.25) is 0 Å². The SMILES string of the molecule is C#Cc1cc(NC(=O)c2ccccc2C(=O)O)ccc1OC. The molecule has 5 heteroatoms. The van der Waals surface area contributed by atoms with E-state index in [4.69, 9.17) is 16.3 Å². The highest BCUT2D eigenvalue weighted by Gasteiger charge is 2.16. The van der Waals surface area contributed by atoms with Crippen LogP contribution in [0, 0.1) is 12.3 Å². The lowest BCUT2D eigenvalue weighted by Gasteiger charge is -2.10. The molecule has 0 aromatic heterocycles. The second-order valence-electron chi connectivity index (χ2n) is 4.36.